The second kappa shape index (κ2) is 10.5. The molecule has 1 amide bonds. The standard InChI is InChI=1S/C22H27FN2OS/c23-21-9-5-4-8-20(21)17-27-15-12-24-22(26)19-10-13-25(14-11-19)16-18-6-2-1-3-7-18/h1-9,19H,10-17H2,(H,24,26). The first-order valence-electron chi connectivity index (χ1n) is 9.57. The third-order valence-electron chi connectivity index (χ3n) is 4.97. The van der Waals surface area contributed by atoms with Crippen LogP contribution in [0.15, 0.2) is 54.6 Å². The van der Waals surface area contributed by atoms with Crippen LogP contribution in [0.3, 0.4) is 0 Å². The van der Waals surface area contributed by atoms with Gasteiger partial charge in [0.05, 0.1) is 0 Å². The van der Waals surface area contributed by atoms with Gasteiger partial charge in [0.25, 0.3) is 0 Å². The van der Waals surface area contributed by atoms with Crippen molar-refractivity contribution >= 4 is 17.7 Å². The van der Waals surface area contributed by atoms with E-state index in [2.05, 4.69) is 34.5 Å². The quantitative estimate of drug-likeness (QED) is 0.694. The van der Waals surface area contributed by atoms with Crippen LogP contribution in [0.25, 0.3) is 0 Å². The third-order valence-corrected chi connectivity index (χ3v) is 5.98. The highest BCUT2D eigenvalue weighted by molar-refractivity contribution is 7.98. The molecule has 0 bridgehead atoms. The number of carbonyl (C=O) groups is 1. The number of amides is 1. The predicted molar refractivity (Wildman–Crippen MR) is 110 cm³/mol. The molecule has 0 spiro atoms. The van der Waals surface area contributed by atoms with Crippen LogP contribution in [0.5, 0.6) is 0 Å². The number of hydrogen-bond acceptors (Lipinski definition) is 3. The second-order valence-corrected chi connectivity index (χ2v) is 8.08. The van der Waals surface area contributed by atoms with Crippen molar-refractivity contribution in [1.82, 2.24) is 10.2 Å². The number of piperidine rings is 1. The Bertz CT molecular complexity index is 717. The molecule has 2 aromatic rings. The zero-order chi connectivity index (χ0) is 18.9. The largest absolute Gasteiger partial charge is 0.355 e. The summed E-state index contributed by atoms with van der Waals surface area (Å²) in [6, 6.07) is 17.3. The minimum Gasteiger partial charge on any atom is -0.355 e. The van der Waals surface area contributed by atoms with Gasteiger partial charge >= 0.3 is 0 Å². The zero-order valence-corrected chi connectivity index (χ0v) is 16.4. The molecule has 3 rings (SSSR count). The highest BCUT2D eigenvalue weighted by Crippen LogP contribution is 2.19. The number of carbonyl (C=O) groups excluding carboxylic acids is 1. The summed E-state index contributed by atoms with van der Waals surface area (Å²) in [6.07, 6.45) is 1.84. The van der Waals surface area contributed by atoms with E-state index < -0.39 is 0 Å². The molecule has 144 valence electrons. The summed E-state index contributed by atoms with van der Waals surface area (Å²) in [6.45, 7) is 3.54. The van der Waals surface area contributed by atoms with E-state index in [0.717, 1.165) is 43.8 Å². The minimum absolute atomic E-state index is 0.119. The Morgan fingerprint density at radius 2 is 1.78 bits per heavy atom. The number of thioether (sulfide) groups is 1. The molecule has 1 heterocycles. The fourth-order valence-electron chi connectivity index (χ4n) is 3.38. The SMILES string of the molecule is O=C(NCCSCc1ccccc1F)C1CCN(Cc2ccccc2)CC1. The lowest BCUT2D eigenvalue weighted by molar-refractivity contribution is -0.126. The van der Waals surface area contributed by atoms with Gasteiger partial charge in [0, 0.05) is 30.5 Å². The van der Waals surface area contributed by atoms with Crippen molar-refractivity contribution in [3.8, 4) is 0 Å². The molecule has 0 saturated carbocycles. The first-order valence-corrected chi connectivity index (χ1v) is 10.7. The van der Waals surface area contributed by atoms with Gasteiger partial charge in [-0.2, -0.15) is 11.8 Å². The van der Waals surface area contributed by atoms with E-state index in [4.69, 9.17) is 0 Å². The molecule has 3 nitrogen and oxygen atoms in total. The highest BCUT2D eigenvalue weighted by Gasteiger charge is 2.24. The van der Waals surface area contributed by atoms with E-state index in [9.17, 15) is 9.18 Å². The first-order chi connectivity index (χ1) is 13.2. The Morgan fingerprint density at radius 1 is 1.07 bits per heavy atom. The minimum atomic E-state index is -0.156. The Balaban J connectivity index is 1.30. The van der Waals surface area contributed by atoms with Crippen LogP contribution in [0.2, 0.25) is 0 Å². The van der Waals surface area contributed by atoms with Crippen LogP contribution < -0.4 is 5.32 Å². The summed E-state index contributed by atoms with van der Waals surface area (Å²) < 4.78 is 13.6. The van der Waals surface area contributed by atoms with Gasteiger partial charge < -0.3 is 5.32 Å². The maximum absolute atomic E-state index is 13.6. The summed E-state index contributed by atoms with van der Waals surface area (Å²) in [7, 11) is 0. The van der Waals surface area contributed by atoms with E-state index >= 15 is 0 Å². The fraction of sp³-hybridized carbons (Fsp3) is 0.409. The third kappa shape index (κ3) is 6.36. The number of halogens is 1. The van der Waals surface area contributed by atoms with Gasteiger partial charge in [-0.3, -0.25) is 9.69 Å². The molecule has 1 aliphatic rings. The van der Waals surface area contributed by atoms with Gasteiger partial charge in [-0.25, -0.2) is 4.39 Å². The van der Waals surface area contributed by atoms with Gasteiger partial charge in [-0.1, -0.05) is 48.5 Å². The van der Waals surface area contributed by atoms with E-state index in [1.54, 1.807) is 17.8 Å². The molecule has 2 aromatic carbocycles. The summed E-state index contributed by atoms with van der Waals surface area (Å²) in [5.41, 5.74) is 2.05. The molecule has 0 aromatic heterocycles. The van der Waals surface area contributed by atoms with Crippen molar-refractivity contribution in [1.29, 1.82) is 0 Å². The first kappa shape index (κ1) is 19.9. The van der Waals surface area contributed by atoms with Gasteiger partial charge in [0.2, 0.25) is 5.91 Å². The van der Waals surface area contributed by atoms with Gasteiger partial charge in [-0.05, 0) is 43.1 Å². The fourth-order valence-corrected chi connectivity index (χ4v) is 4.23. The van der Waals surface area contributed by atoms with Crippen LogP contribution in [0, 0.1) is 11.7 Å². The van der Waals surface area contributed by atoms with Crippen LogP contribution >= 0.6 is 11.8 Å². The summed E-state index contributed by atoms with van der Waals surface area (Å²) in [5, 5.41) is 3.05. The summed E-state index contributed by atoms with van der Waals surface area (Å²) in [4.78, 5) is 14.8. The Kier molecular flexibility index (Phi) is 7.72. The van der Waals surface area contributed by atoms with Gasteiger partial charge in [0.1, 0.15) is 5.82 Å². The van der Waals surface area contributed by atoms with Crippen LogP contribution in [-0.2, 0) is 17.1 Å². The topological polar surface area (TPSA) is 32.3 Å². The highest BCUT2D eigenvalue weighted by atomic mass is 32.2. The van der Waals surface area contributed by atoms with Crippen molar-refractivity contribution < 1.29 is 9.18 Å². The monoisotopic (exact) mass is 386 g/mol. The van der Waals surface area contributed by atoms with Gasteiger partial charge in [-0.15, -0.1) is 0 Å². The molecule has 1 aliphatic heterocycles. The molecular weight excluding hydrogens is 359 g/mol. The molecule has 0 aliphatic carbocycles. The van der Waals surface area contributed by atoms with Crippen LogP contribution in [0.4, 0.5) is 4.39 Å². The number of benzene rings is 2. The van der Waals surface area contributed by atoms with Gasteiger partial charge in [0.15, 0.2) is 0 Å². The number of nitrogens with zero attached hydrogens (tertiary/aromatic N) is 1. The molecule has 5 heteroatoms. The zero-order valence-electron chi connectivity index (χ0n) is 15.6. The lowest BCUT2D eigenvalue weighted by Crippen LogP contribution is -2.40. The number of nitrogens with one attached hydrogen (secondary N) is 1. The molecule has 0 atom stereocenters. The Hall–Kier alpha value is -1.85. The molecule has 1 fully saturated rings. The average molecular weight is 387 g/mol. The maximum atomic E-state index is 13.6. The summed E-state index contributed by atoms with van der Waals surface area (Å²) >= 11 is 1.65. The lowest BCUT2D eigenvalue weighted by atomic mass is 9.95. The van der Waals surface area contributed by atoms with Crippen molar-refractivity contribution in [2.45, 2.75) is 25.1 Å². The van der Waals surface area contributed by atoms with Crippen molar-refractivity contribution in [3.63, 3.8) is 0 Å². The molecule has 0 unspecified atom stereocenters. The molecule has 27 heavy (non-hydrogen) atoms. The van der Waals surface area contributed by atoms with E-state index in [1.807, 2.05) is 18.2 Å². The number of hydrogen-bond donors (Lipinski definition) is 1. The van der Waals surface area contributed by atoms with Crippen molar-refractivity contribution in [2.75, 3.05) is 25.4 Å². The summed E-state index contributed by atoms with van der Waals surface area (Å²) in [5.74, 6) is 1.57. The molecular formula is C22H27FN2OS. The maximum Gasteiger partial charge on any atom is 0.223 e. The van der Waals surface area contributed by atoms with Crippen molar-refractivity contribution in [3.05, 3.63) is 71.5 Å². The van der Waals surface area contributed by atoms with E-state index in [-0.39, 0.29) is 17.6 Å². The predicted octanol–water partition coefficient (Wildman–Crippen LogP) is 4.09. The number of likely N-dealkylation sites (tertiary alicyclic amines) is 1. The smallest absolute Gasteiger partial charge is 0.223 e. The molecule has 1 N–H and O–H groups in total. The van der Waals surface area contributed by atoms with Crippen LogP contribution in [0.1, 0.15) is 24.0 Å². The number of rotatable bonds is 8. The Labute approximate surface area is 165 Å². The molecule has 1 saturated heterocycles. The second-order valence-electron chi connectivity index (χ2n) is 6.97. The average Bonchev–Trinajstić information content (AvgIpc) is 2.70. The Morgan fingerprint density at radius 3 is 2.52 bits per heavy atom. The van der Waals surface area contributed by atoms with Crippen molar-refractivity contribution in [2.24, 2.45) is 5.92 Å². The molecule has 0 radical (unpaired) electrons. The normalized spacial score (nSPS) is 15.6. The van der Waals surface area contributed by atoms with E-state index in [0.29, 0.717) is 12.3 Å². The van der Waals surface area contributed by atoms with Crippen LogP contribution in [-0.4, -0.2) is 36.2 Å². The van der Waals surface area contributed by atoms with E-state index in [1.165, 1.54) is 11.6 Å². The lowest BCUT2D eigenvalue weighted by Gasteiger charge is -2.31.